The van der Waals surface area contributed by atoms with Crippen molar-refractivity contribution < 1.29 is 9.90 Å². The van der Waals surface area contributed by atoms with Crippen molar-refractivity contribution in [3.63, 3.8) is 0 Å². The van der Waals surface area contributed by atoms with Crippen LogP contribution >= 0.6 is 11.3 Å². The van der Waals surface area contributed by atoms with Gasteiger partial charge in [0, 0.05) is 24.2 Å². The van der Waals surface area contributed by atoms with Crippen LogP contribution < -0.4 is 0 Å². The Balaban J connectivity index is 2.35. The Morgan fingerprint density at radius 1 is 1.27 bits per heavy atom. The predicted octanol–water partition coefficient (Wildman–Crippen LogP) is 1.61. The van der Waals surface area contributed by atoms with Crippen LogP contribution in [0.25, 0.3) is 10.4 Å². The van der Waals surface area contributed by atoms with E-state index in [1.54, 1.807) is 6.20 Å². The lowest BCUT2D eigenvalue weighted by Crippen LogP contribution is -2.02. The number of carboxylic acid groups (broad SMARTS) is 1. The van der Waals surface area contributed by atoms with E-state index >= 15 is 0 Å². The molecule has 2 aromatic heterocycles. The molecule has 0 saturated carbocycles. The maximum Gasteiger partial charge on any atom is 0.373 e. The van der Waals surface area contributed by atoms with Crippen LogP contribution in [0.3, 0.4) is 0 Å². The van der Waals surface area contributed by atoms with Crippen LogP contribution in [0, 0.1) is 6.92 Å². The molecule has 1 N–H and O–H groups in total. The highest BCUT2D eigenvalue weighted by atomic mass is 32.1. The summed E-state index contributed by atoms with van der Waals surface area (Å²) in [6.07, 6.45) is 4.70. The fourth-order valence-corrected chi connectivity index (χ4v) is 1.81. The molecule has 0 bridgehead atoms. The second-order valence-electron chi connectivity index (χ2n) is 2.84. The molecule has 5 nitrogen and oxygen atoms in total. The Morgan fingerprint density at radius 3 is 2.40 bits per heavy atom. The van der Waals surface area contributed by atoms with Gasteiger partial charge in [0.2, 0.25) is 5.82 Å². The van der Waals surface area contributed by atoms with E-state index in [-0.39, 0.29) is 5.82 Å². The SMILES string of the molecule is Cc1ncc(-c2cnc(C(=O)O)nc2)s1. The number of aryl methyl sites for hydroxylation is 1. The summed E-state index contributed by atoms with van der Waals surface area (Å²) in [4.78, 5) is 23.0. The number of carboxylic acids is 1. The lowest BCUT2D eigenvalue weighted by atomic mass is 10.3. The third kappa shape index (κ3) is 1.99. The number of hydrogen-bond donors (Lipinski definition) is 1. The Morgan fingerprint density at radius 2 is 1.93 bits per heavy atom. The Kier molecular flexibility index (Phi) is 2.42. The number of nitrogens with zero attached hydrogens (tertiary/aromatic N) is 3. The molecule has 2 aromatic rings. The van der Waals surface area contributed by atoms with Crippen molar-refractivity contribution in [2.45, 2.75) is 6.92 Å². The van der Waals surface area contributed by atoms with Crippen molar-refractivity contribution in [3.8, 4) is 10.4 Å². The summed E-state index contributed by atoms with van der Waals surface area (Å²) in [5.41, 5.74) is 0.783. The van der Waals surface area contributed by atoms with Crippen molar-refractivity contribution in [2.75, 3.05) is 0 Å². The summed E-state index contributed by atoms with van der Waals surface area (Å²) >= 11 is 1.52. The van der Waals surface area contributed by atoms with Gasteiger partial charge in [-0.3, -0.25) is 0 Å². The molecular formula is C9H7N3O2S. The normalized spacial score (nSPS) is 10.2. The monoisotopic (exact) mass is 221 g/mol. The van der Waals surface area contributed by atoms with E-state index in [4.69, 9.17) is 5.11 Å². The third-order valence-electron chi connectivity index (χ3n) is 1.75. The Bertz CT molecular complexity index is 492. The lowest BCUT2D eigenvalue weighted by molar-refractivity contribution is 0.0683. The smallest absolute Gasteiger partial charge is 0.373 e. The van der Waals surface area contributed by atoms with E-state index in [0.717, 1.165) is 15.4 Å². The molecule has 0 atom stereocenters. The van der Waals surface area contributed by atoms with Gasteiger partial charge >= 0.3 is 5.97 Å². The molecule has 0 spiro atoms. The van der Waals surface area contributed by atoms with Gasteiger partial charge in [-0.05, 0) is 6.92 Å². The summed E-state index contributed by atoms with van der Waals surface area (Å²) in [6, 6.07) is 0. The second-order valence-corrected chi connectivity index (χ2v) is 4.08. The molecular weight excluding hydrogens is 214 g/mol. The summed E-state index contributed by atoms with van der Waals surface area (Å²) in [7, 11) is 0. The quantitative estimate of drug-likeness (QED) is 0.833. The van der Waals surface area contributed by atoms with Crippen LogP contribution in [0.5, 0.6) is 0 Å². The predicted molar refractivity (Wildman–Crippen MR) is 54.8 cm³/mol. The summed E-state index contributed by atoms with van der Waals surface area (Å²) in [5, 5.41) is 9.57. The van der Waals surface area contributed by atoms with E-state index in [0.29, 0.717) is 0 Å². The first-order valence-electron chi connectivity index (χ1n) is 4.15. The molecule has 2 rings (SSSR count). The maximum atomic E-state index is 10.5. The molecule has 76 valence electrons. The van der Waals surface area contributed by atoms with Gasteiger partial charge in [-0.1, -0.05) is 0 Å². The number of aromatic carboxylic acids is 1. The molecule has 15 heavy (non-hydrogen) atoms. The van der Waals surface area contributed by atoms with E-state index in [1.807, 2.05) is 6.92 Å². The first kappa shape index (κ1) is 9.72. The zero-order valence-electron chi connectivity index (χ0n) is 7.84. The van der Waals surface area contributed by atoms with Gasteiger partial charge in [0.1, 0.15) is 0 Å². The highest BCUT2D eigenvalue weighted by Crippen LogP contribution is 2.23. The van der Waals surface area contributed by atoms with Gasteiger partial charge in [0.15, 0.2) is 0 Å². The molecule has 0 saturated heterocycles. The minimum Gasteiger partial charge on any atom is -0.475 e. The molecule has 0 fully saturated rings. The van der Waals surface area contributed by atoms with E-state index in [9.17, 15) is 4.79 Å². The number of thiazole rings is 1. The highest BCUT2D eigenvalue weighted by Gasteiger charge is 2.07. The average Bonchev–Trinajstić information content (AvgIpc) is 2.65. The average molecular weight is 221 g/mol. The molecule has 0 unspecified atom stereocenters. The minimum atomic E-state index is -1.12. The maximum absolute atomic E-state index is 10.5. The van der Waals surface area contributed by atoms with Crippen LogP contribution in [-0.4, -0.2) is 26.0 Å². The minimum absolute atomic E-state index is 0.194. The number of aromatic nitrogens is 3. The van der Waals surface area contributed by atoms with Crippen LogP contribution in [0.15, 0.2) is 18.6 Å². The van der Waals surface area contributed by atoms with Gasteiger partial charge in [0.25, 0.3) is 0 Å². The van der Waals surface area contributed by atoms with Crippen LogP contribution in [0.4, 0.5) is 0 Å². The molecule has 0 amide bonds. The largest absolute Gasteiger partial charge is 0.475 e. The standard InChI is InChI=1S/C9H7N3O2S/c1-5-10-4-7(15-5)6-2-11-8(9(13)14)12-3-6/h2-4H,1H3,(H,13,14). The van der Waals surface area contributed by atoms with E-state index in [1.165, 1.54) is 23.7 Å². The molecule has 0 aliphatic carbocycles. The summed E-state index contributed by atoms with van der Waals surface area (Å²) < 4.78 is 0. The molecule has 0 radical (unpaired) electrons. The van der Waals surface area contributed by atoms with Crippen molar-refractivity contribution in [2.24, 2.45) is 0 Å². The van der Waals surface area contributed by atoms with Crippen LogP contribution in [-0.2, 0) is 0 Å². The first-order chi connectivity index (χ1) is 7.16. The zero-order valence-corrected chi connectivity index (χ0v) is 8.65. The zero-order chi connectivity index (χ0) is 10.8. The van der Waals surface area contributed by atoms with E-state index in [2.05, 4.69) is 15.0 Å². The van der Waals surface area contributed by atoms with E-state index < -0.39 is 5.97 Å². The fraction of sp³-hybridized carbons (Fsp3) is 0.111. The van der Waals surface area contributed by atoms with Crippen LogP contribution in [0.1, 0.15) is 15.6 Å². The molecule has 0 aliphatic heterocycles. The summed E-state index contributed by atoms with van der Waals surface area (Å²) in [6.45, 7) is 1.90. The molecule has 0 aliphatic rings. The molecule has 6 heteroatoms. The van der Waals surface area contributed by atoms with Crippen molar-refractivity contribution in [3.05, 3.63) is 29.4 Å². The topological polar surface area (TPSA) is 76.0 Å². The van der Waals surface area contributed by atoms with Gasteiger partial charge in [-0.25, -0.2) is 19.7 Å². The first-order valence-corrected chi connectivity index (χ1v) is 4.96. The Labute approximate surface area is 89.5 Å². The number of carbonyl (C=O) groups is 1. The van der Waals surface area contributed by atoms with Gasteiger partial charge in [-0.15, -0.1) is 11.3 Å². The van der Waals surface area contributed by atoms with Gasteiger partial charge in [0.05, 0.1) is 9.88 Å². The lowest BCUT2D eigenvalue weighted by Gasteiger charge is -1.95. The molecule has 2 heterocycles. The van der Waals surface area contributed by atoms with Crippen molar-refractivity contribution >= 4 is 17.3 Å². The number of rotatable bonds is 2. The molecule has 0 aromatic carbocycles. The van der Waals surface area contributed by atoms with Crippen molar-refractivity contribution in [1.29, 1.82) is 0 Å². The summed E-state index contributed by atoms with van der Waals surface area (Å²) in [5.74, 6) is -1.32. The highest BCUT2D eigenvalue weighted by molar-refractivity contribution is 7.15. The van der Waals surface area contributed by atoms with Crippen molar-refractivity contribution in [1.82, 2.24) is 15.0 Å². The van der Waals surface area contributed by atoms with Crippen LogP contribution in [0.2, 0.25) is 0 Å². The van der Waals surface area contributed by atoms with Gasteiger partial charge in [-0.2, -0.15) is 0 Å². The Hall–Kier alpha value is -1.82. The second kappa shape index (κ2) is 3.74. The fourth-order valence-electron chi connectivity index (χ4n) is 1.06. The number of hydrogen-bond acceptors (Lipinski definition) is 5. The third-order valence-corrected chi connectivity index (χ3v) is 2.71. The van der Waals surface area contributed by atoms with Gasteiger partial charge < -0.3 is 5.11 Å².